The summed E-state index contributed by atoms with van der Waals surface area (Å²) in [6.45, 7) is 0. The van der Waals surface area contributed by atoms with Crippen LogP contribution in [0.3, 0.4) is 0 Å². The molecular formula is C16H26N4O2S. The van der Waals surface area contributed by atoms with E-state index in [2.05, 4.69) is 15.3 Å². The average Bonchev–Trinajstić information content (AvgIpc) is 2.73. The number of nitrogens with one attached hydrogen (secondary N) is 1. The van der Waals surface area contributed by atoms with Gasteiger partial charge in [-0.25, -0.2) is 18.4 Å². The fourth-order valence-electron chi connectivity index (χ4n) is 3.52. The van der Waals surface area contributed by atoms with Crippen molar-refractivity contribution in [1.82, 2.24) is 9.97 Å². The minimum atomic E-state index is -2.89. The van der Waals surface area contributed by atoms with Crippen molar-refractivity contribution in [3.8, 4) is 0 Å². The second-order valence-corrected chi connectivity index (χ2v) is 8.99. The SMILES string of the molecule is CN(c1cc(NC2CCCCCC2)ncn1)C1CCS(=O)(=O)C1. The molecule has 6 nitrogen and oxygen atoms in total. The smallest absolute Gasteiger partial charge is 0.152 e. The van der Waals surface area contributed by atoms with Gasteiger partial charge >= 0.3 is 0 Å². The molecule has 1 aliphatic carbocycles. The Morgan fingerprint density at radius 2 is 1.87 bits per heavy atom. The molecule has 1 unspecified atom stereocenters. The third-order valence-corrected chi connectivity index (χ3v) is 6.73. The highest BCUT2D eigenvalue weighted by atomic mass is 32.2. The van der Waals surface area contributed by atoms with Crippen molar-refractivity contribution < 1.29 is 8.42 Å². The summed E-state index contributed by atoms with van der Waals surface area (Å²) in [6.07, 6.45) is 9.82. The van der Waals surface area contributed by atoms with Gasteiger partial charge in [0.15, 0.2) is 9.84 Å². The molecule has 1 aromatic rings. The Kier molecular flexibility index (Phi) is 5.04. The molecular weight excluding hydrogens is 312 g/mol. The van der Waals surface area contributed by atoms with E-state index >= 15 is 0 Å². The molecule has 1 saturated carbocycles. The lowest BCUT2D eigenvalue weighted by atomic mass is 10.1. The summed E-state index contributed by atoms with van der Waals surface area (Å²) in [5, 5.41) is 3.53. The van der Waals surface area contributed by atoms with Gasteiger partial charge in [-0.3, -0.25) is 0 Å². The van der Waals surface area contributed by atoms with Crippen LogP contribution in [0.1, 0.15) is 44.9 Å². The molecule has 0 spiro atoms. The number of hydrogen-bond donors (Lipinski definition) is 1. The van der Waals surface area contributed by atoms with Crippen LogP contribution in [0.25, 0.3) is 0 Å². The van der Waals surface area contributed by atoms with Crippen LogP contribution < -0.4 is 10.2 Å². The van der Waals surface area contributed by atoms with Crippen molar-refractivity contribution in [2.24, 2.45) is 0 Å². The van der Waals surface area contributed by atoms with Crippen LogP contribution in [0.2, 0.25) is 0 Å². The maximum atomic E-state index is 11.7. The number of sulfone groups is 1. The van der Waals surface area contributed by atoms with Crippen molar-refractivity contribution in [3.63, 3.8) is 0 Å². The van der Waals surface area contributed by atoms with Crippen LogP contribution in [0.4, 0.5) is 11.6 Å². The van der Waals surface area contributed by atoms with Crippen molar-refractivity contribution in [1.29, 1.82) is 0 Å². The molecule has 2 fully saturated rings. The zero-order chi connectivity index (χ0) is 16.3. The quantitative estimate of drug-likeness (QED) is 0.849. The zero-order valence-corrected chi connectivity index (χ0v) is 14.6. The van der Waals surface area contributed by atoms with Crippen molar-refractivity contribution >= 4 is 21.5 Å². The van der Waals surface area contributed by atoms with E-state index in [0.717, 1.165) is 11.6 Å². The third-order valence-electron chi connectivity index (χ3n) is 4.98. The van der Waals surface area contributed by atoms with Crippen molar-refractivity contribution in [2.75, 3.05) is 28.8 Å². The Morgan fingerprint density at radius 3 is 2.52 bits per heavy atom. The molecule has 1 aromatic heterocycles. The number of rotatable bonds is 4. The fourth-order valence-corrected chi connectivity index (χ4v) is 5.29. The van der Waals surface area contributed by atoms with E-state index in [4.69, 9.17) is 0 Å². The number of hydrogen-bond acceptors (Lipinski definition) is 6. The highest BCUT2D eigenvalue weighted by Gasteiger charge is 2.31. The maximum absolute atomic E-state index is 11.7. The molecule has 0 radical (unpaired) electrons. The summed E-state index contributed by atoms with van der Waals surface area (Å²) >= 11 is 0. The zero-order valence-electron chi connectivity index (χ0n) is 13.7. The van der Waals surface area contributed by atoms with Gasteiger partial charge in [-0.2, -0.15) is 0 Å². The topological polar surface area (TPSA) is 75.2 Å². The van der Waals surface area contributed by atoms with Gasteiger partial charge in [-0.05, 0) is 19.3 Å². The molecule has 2 aliphatic rings. The summed E-state index contributed by atoms with van der Waals surface area (Å²) < 4.78 is 23.3. The predicted molar refractivity (Wildman–Crippen MR) is 92.6 cm³/mol. The maximum Gasteiger partial charge on any atom is 0.152 e. The first-order chi connectivity index (χ1) is 11.0. The second kappa shape index (κ2) is 7.03. The molecule has 0 aromatic carbocycles. The molecule has 0 amide bonds. The van der Waals surface area contributed by atoms with E-state index in [-0.39, 0.29) is 17.5 Å². The van der Waals surface area contributed by atoms with Gasteiger partial charge in [0.25, 0.3) is 0 Å². The minimum Gasteiger partial charge on any atom is -0.367 e. The Bertz CT molecular complexity index is 627. The van der Waals surface area contributed by atoms with E-state index in [9.17, 15) is 8.42 Å². The summed E-state index contributed by atoms with van der Waals surface area (Å²) in [4.78, 5) is 10.6. The van der Waals surface area contributed by atoms with Gasteiger partial charge in [0.05, 0.1) is 11.5 Å². The second-order valence-electron chi connectivity index (χ2n) is 6.76. The van der Waals surface area contributed by atoms with Crippen LogP contribution >= 0.6 is 0 Å². The van der Waals surface area contributed by atoms with Crippen LogP contribution in [-0.4, -0.2) is 49.0 Å². The number of aromatic nitrogens is 2. The molecule has 7 heteroatoms. The Hall–Kier alpha value is -1.37. The molecule has 1 aliphatic heterocycles. The summed E-state index contributed by atoms with van der Waals surface area (Å²) in [7, 11) is -0.966. The first-order valence-corrected chi connectivity index (χ1v) is 10.4. The molecule has 1 atom stereocenters. The lowest BCUT2D eigenvalue weighted by Gasteiger charge is -2.25. The monoisotopic (exact) mass is 338 g/mol. The van der Waals surface area contributed by atoms with Crippen LogP contribution in [0, 0.1) is 0 Å². The molecule has 23 heavy (non-hydrogen) atoms. The van der Waals surface area contributed by atoms with Gasteiger partial charge < -0.3 is 10.2 Å². The van der Waals surface area contributed by atoms with Gasteiger partial charge in [-0.1, -0.05) is 25.7 Å². The Morgan fingerprint density at radius 1 is 1.13 bits per heavy atom. The highest BCUT2D eigenvalue weighted by Crippen LogP contribution is 2.24. The van der Waals surface area contributed by atoms with E-state index < -0.39 is 9.84 Å². The Balaban J connectivity index is 1.67. The molecule has 2 heterocycles. The van der Waals surface area contributed by atoms with E-state index in [1.54, 1.807) is 6.33 Å². The lowest BCUT2D eigenvalue weighted by molar-refractivity contribution is 0.600. The molecule has 1 saturated heterocycles. The molecule has 1 N–H and O–H groups in total. The fraction of sp³-hybridized carbons (Fsp3) is 0.750. The first-order valence-electron chi connectivity index (χ1n) is 8.55. The van der Waals surface area contributed by atoms with Crippen LogP contribution in [0.5, 0.6) is 0 Å². The summed E-state index contributed by atoms with van der Waals surface area (Å²) in [6, 6.07) is 2.44. The predicted octanol–water partition coefficient (Wildman–Crippen LogP) is 2.23. The molecule has 3 rings (SSSR count). The van der Waals surface area contributed by atoms with E-state index in [1.807, 2.05) is 18.0 Å². The van der Waals surface area contributed by atoms with E-state index in [1.165, 1.54) is 38.5 Å². The van der Waals surface area contributed by atoms with Gasteiger partial charge in [-0.15, -0.1) is 0 Å². The Labute approximate surface area is 138 Å². The van der Waals surface area contributed by atoms with Crippen LogP contribution in [-0.2, 0) is 9.84 Å². The summed E-state index contributed by atoms with van der Waals surface area (Å²) in [5.74, 6) is 2.13. The minimum absolute atomic E-state index is 0.0145. The van der Waals surface area contributed by atoms with Crippen molar-refractivity contribution in [3.05, 3.63) is 12.4 Å². The first kappa shape index (κ1) is 16.5. The number of anilines is 2. The third kappa shape index (κ3) is 4.34. The summed E-state index contributed by atoms with van der Waals surface area (Å²) in [5.41, 5.74) is 0. The number of nitrogens with zero attached hydrogens (tertiary/aromatic N) is 3. The van der Waals surface area contributed by atoms with Gasteiger partial charge in [0.2, 0.25) is 0 Å². The normalized spacial score (nSPS) is 25.0. The largest absolute Gasteiger partial charge is 0.367 e. The lowest BCUT2D eigenvalue weighted by Crippen LogP contribution is -2.33. The van der Waals surface area contributed by atoms with E-state index in [0.29, 0.717) is 12.5 Å². The molecule has 0 bridgehead atoms. The van der Waals surface area contributed by atoms with Gasteiger partial charge in [0, 0.05) is 25.2 Å². The standard InChI is InChI=1S/C16H26N4O2S/c1-20(14-8-9-23(21,22)11-14)16-10-15(17-12-18-16)19-13-6-4-2-3-5-7-13/h10,12-14H,2-9,11H2,1H3,(H,17,18,19). The molecule has 128 valence electrons. The van der Waals surface area contributed by atoms with Crippen molar-refractivity contribution in [2.45, 2.75) is 57.0 Å². The van der Waals surface area contributed by atoms with Gasteiger partial charge in [0.1, 0.15) is 18.0 Å². The van der Waals surface area contributed by atoms with Crippen LogP contribution in [0.15, 0.2) is 12.4 Å². The highest BCUT2D eigenvalue weighted by molar-refractivity contribution is 7.91. The average molecular weight is 338 g/mol.